The Hall–Kier alpha value is -3.49. The van der Waals surface area contributed by atoms with Gasteiger partial charge in [0, 0.05) is 24.5 Å². The van der Waals surface area contributed by atoms with Crippen molar-refractivity contribution in [1.82, 2.24) is 20.1 Å². The number of aromatic carboxylic acids is 1. The third-order valence-electron chi connectivity index (χ3n) is 4.46. The third kappa shape index (κ3) is 3.31. The van der Waals surface area contributed by atoms with E-state index in [0.717, 1.165) is 24.9 Å². The van der Waals surface area contributed by atoms with E-state index in [9.17, 15) is 4.79 Å². The summed E-state index contributed by atoms with van der Waals surface area (Å²) in [7, 11) is 1.60. The fraction of sp³-hybridized carbons (Fsp3) is 0.278. The number of hydrogen-bond acceptors (Lipinski definition) is 8. The predicted molar refractivity (Wildman–Crippen MR) is 94.6 cm³/mol. The molecule has 0 radical (unpaired) electrons. The minimum atomic E-state index is -1.05. The Morgan fingerprint density at radius 3 is 2.89 bits per heavy atom. The maximum atomic E-state index is 11.0. The highest BCUT2D eigenvalue weighted by Gasteiger charge is 2.32. The van der Waals surface area contributed by atoms with Crippen LogP contribution in [0.4, 0.5) is 6.01 Å². The van der Waals surface area contributed by atoms with Crippen LogP contribution in [0.15, 0.2) is 41.2 Å². The van der Waals surface area contributed by atoms with Crippen molar-refractivity contribution in [2.24, 2.45) is 0 Å². The lowest BCUT2D eigenvalue weighted by Crippen LogP contribution is -2.24. The number of benzene rings is 1. The molecule has 1 aromatic carbocycles. The number of carboxylic acids is 1. The van der Waals surface area contributed by atoms with Gasteiger partial charge in [0.2, 0.25) is 5.82 Å². The summed E-state index contributed by atoms with van der Waals surface area (Å²) in [6.07, 6.45) is 4.38. The minimum absolute atomic E-state index is 0.0569. The Morgan fingerprint density at radius 2 is 2.15 bits per heavy atom. The van der Waals surface area contributed by atoms with Gasteiger partial charge in [-0.2, -0.15) is 4.98 Å². The molecule has 0 amide bonds. The molecule has 4 rings (SSSR count). The lowest BCUT2D eigenvalue weighted by atomic mass is 10.2. The molecule has 1 saturated heterocycles. The second kappa shape index (κ2) is 7.02. The summed E-state index contributed by atoms with van der Waals surface area (Å²) in [5, 5.41) is 13.1. The van der Waals surface area contributed by atoms with E-state index in [2.05, 4.69) is 20.1 Å². The zero-order valence-corrected chi connectivity index (χ0v) is 14.6. The molecule has 27 heavy (non-hydrogen) atoms. The molecule has 9 heteroatoms. The van der Waals surface area contributed by atoms with Crippen LogP contribution in [0.5, 0.6) is 5.75 Å². The quantitative estimate of drug-likeness (QED) is 0.726. The smallest absolute Gasteiger partial charge is 0.338 e. The molecular formula is C18H17N5O4. The van der Waals surface area contributed by atoms with Crippen LogP contribution in [0, 0.1) is 0 Å². The summed E-state index contributed by atoms with van der Waals surface area (Å²) < 4.78 is 10.7. The van der Waals surface area contributed by atoms with E-state index < -0.39 is 5.97 Å². The van der Waals surface area contributed by atoms with Crippen LogP contribution in [0.1, 0.15) is 35.1 Å². The van der Waals surface area contributed by atoms with Gasteiger partial charge in [-0.15, -0.1) is 0 Å². The Bertz CT molecular complexity index is 956. The SMILES string of the molecule is COc1cccc(-c2noc(N3CCCC3c3ncc(C(=O)O)cn3)n2)c1. The Labute approximate surface area is 154 Å². The van der Waals surface area contributed by atoms with Crippen molar-refractivity contribution in [2.45, 2.75) is 18.9 Å². The summed E-state index contributed by atoms with van der Waals surface area (Å²) >= 11 is 0. The average molecular weight is 367 g/mol. The van der Waals surface area contributed by atoms with Crippen molar-refractivity contribution in [3.63, 3.8) is 0 Å². The normalized spacial score (nSPS) is 16.5. The van der Waals surface area contributed by atoms with Gasteiger partial charge >= 0.3 is 12.0 Å². The molecule has 0 bridgehead atoms. The first kappa shape index (κ1) is 17.0. The average Bonchev–Trinajstić information content (AvgIpc) is 3.37. The first-order chi connectivity index (χ1) is 13.2. The van der Waals surface area contributed by atoms with Gasteiger partial charge in [-0.3, -0.25) is 0 Å². The van der Waals surface area contributed by atoms with Gasteiger partial charge in [0.15, 0.2) is 5.82 Å². The molecule has 1 atom stereocenters. The highest BCUT2D eigenvalue weighted by Crippen LogP contribution is 2.34. The van der Waals surface area contributed by atoms with Gasteiger partial charge in [0.25, 0.3) is 0 Å². The Kier molecular flexibility index (Phi) is 4.41. The molecule has 1 aliphatic rings. The largest absolute Gasteiger partial charge is 0.497 e. The van der Waals surface area contributed by atoms with Crippen molar-refractivity contribution in [3.8, 4) is 17.1 Å². The van der Waals surface area contributed by atoms with E-state index in [1.165, 1.54) is 12.4 Å². The van der Waals surface area contributed by atoms with Crippen molar-refractivity contribution in [1.29, 1.82) is 0 Å². The second-order valence-electron chi connectivity index (χ2n) is 6.12. The number of carboxylic acid groups (broad SMARTS) is 1. The first-order valence-corrected chi connectivity index (χ1v) is 8.45. The number of methoxy groups -OCH3 is 1. The summed E-state index contributed by atoms with van der Waals surface area (Å²) in [5.41, 5.74) is 0.851. The van der Waals surface area contributed by atoms with E-state index in [-0.39, 0.29) is 11.6 Å². The van der Waals surface area contributed by atoms with Gasteiger partial charge in [-0.1, -0.05) is 17.3 Å². The minimum Gasteiger partial charge on any atom is -0.497 e. The number of hydrogen-bond donors (Lipinski definition) is 1. The van der Waals surface area contributed by atoms with Crippen LogP contribution in [-0.4, -0.2) is 44.8 Å². The molecule has 1 fully saturated rings. The van der Waals surface area contributed by atoms with E-state index in [4.69, 9.17) is 14.4 Å². The molecule has 9 nitrogen and oxygen atoms in total. The van der Waals surface area contributed by atoms with Crippen LogP contribution in [0.3, 0.4) is 0 Å². The van der Waals surface area contributed by atoms with Crippen LogP contribution in [-0.2, 0) is 0 Å². The van der Waals surface area contributed by atoms with Crippen molar-refractivity contribution in [2.75, 3.05) is 18.6 Å². The molecule has 3 heterocycles. The van der Waals surface area contributed by atoms with E-state index in [1.54, 1.807) is 7.11 Å². The van der Waals surface area contributed by atoms with Crippen molar-refractivity contribution >= 4 is 12.0 Å². The fourth-order valence-electron chi connectivity index (χ4n) is 3.10. The molecular weight excluding hydrogens is 350 g/mol. The highest BCUT2D eigenvalue weighted by molar-refractivity contribution is 5.86. The van der Waals surface area contributed by atoms with Gasteiger partial charge in [-0.05, 0) is 25.0 Å². The lowest BCUT2D eigenvalue weighted by Gasteiger charge is -2.20. The standard InChI is InChI=1S/C18H17N5O4/c1-26-13-5-2-4-11(8-13)15-21-18(27-22-15)23-7-3-6-14(23)16-19-9-12(10-20-16)17(24)25/h2,4-5,8-10,14H,3,6-7H2,1H3,(H,24,25). The molecule has 1 N–H and O–H groups in total. The lowest BCUT2D eigenvalue weighted by molar-refractivity contribution is 0.0696. The van der Waals surface area contributed by atoms with E-state index >= 15 is 0 Å². The predicted octanol–water partition coefficient (Wildman–Crippen LogP) is 2.57. The number of nitrogens with zero attached hydrogens (tertiary/aromatic N) is 5. The molecule has 138 valence electrons. The summed E-state index contributed by atoms with van der Waals surface area (Å²) in [4.78, 5) is 25.8. The number of carbonyl (C=O) groups is 1. The molecule has 0 aliphatic carbocycles. The van der Waals surface area contributed by atoms with Gasteiger partial charge in [-0.25, -0.2) is 14.8 Å². The highest BCUT2D eigenvalue weighted by atomic mass is 16.5. The van der Waals surface area contributed by atoms with E-state index in [0.29, 0.717) is 23.4 Å². The first-order valence-electron chi connectivity index (χ1n) is 8.45. The maximum Gasteiger partial charge on any atom is 0.338 e. The molecule has 1 aliphatic heterocycles. The number of aromatic nitrogens is 4. The Morgan fingerprint density at radius 1 is 1.33 bits per heavy atom. The zero-order chi connectivity index (χ0) is 18.8. The van der Waals surface area contributed by atoms with Crippen LogP contribution in [0.25, 0.3) is 11.4 Å². The van der Waals surface area contributed by atoms with Gasteiger partial charge in [0.1, 0.15) is 5.75 Å². The number of rotatable bonds is 5. The molecule has 2 aromatic heterocycles. The number of ether oxygens (including phenoxy) is 1. The molecule has 0 saturated carbocycles. The summed E-state index contributed by atoms with van der Waals surface area (Å²) in [6, 6.07) is 7.68. The van der Waals surface area contributed by atoms with Gasteiger partial charge < -0.3 is 19.3 Å². The van der Waals surface area contributed by atoms with Crippen molar-refractivity contribution < 1.29 is 19.2 Å². The summed E-state index contributed by atoms with van der Waals surface area (Å²) in [5.74, 6) is 0.671. The third-order valence-corrected chi connectivity index (χ3v) is 4.46. The topological polar surface area (TPSA) is 114 Å². The van der Waals surface area contributed by atoms with Crippen LogP contribution >= 0.6 is 0 Å². The fourth-order valence-corrected chi connectivity index (χ4v) is 3.10. The zero-order valence-electron chi connectivity index (χ0n) is 14.6. The molecule has 0 spiro atoms. The van der Waals surface area contributed by atoms with Crippen molar-refractivity contribution in [3.05, 3.63) is 48.0 Å². The Balaban J connectivity index is 1.59. The number of anilines is 1. The second-order valence-corrected chi connectivity index (χ2v) is 6.12. The van der Waals surface area contributed by atoms with Crippen LogP contribution < -0.4 is 9.64 Å². The maximum absolute atomic E-state index is 11.0. The monoisotopic (exact) mass is 367 g/mol. The van der Waals surface area contributed by atoms with Crippen LogP contribution in [0.2, 0.25) is 0 Å². The van der Waals surface area contributed by atoms with E-state index in [1.807, 2.05) is 29.2 Å². The molecule has 3 aromatic rings. The van der Waals surface area contributed by atoms with Gasteiger partial charge in [0.05, 0.1) is 18.7 Å². The molecule has 1 unspecified atom stereocenters. The summed E-state index contributed by atoms with van der Waals surface area (Å²) in [6.45, 7) is 0.731.